The van der Waals surface area contributed by atoms with E-state index in [4.69, 9.17) is 0 Å². The number of thioether (sulfide) groups is 1. The maximum absolute atomic E-state index is 12.1. The summed E-state index contributed by atoms with van der Waals surface area (Å²) in [6, 6.07) is 9.47. The van der Waals surface area contributed by atoms with Gasteiger partial charge in [-0.2, -0.15) is 11.8 Å². The van der Waals surface area contributed by atoms with Crippen molar-refractivity contribution in [3.63, 3.8) is 0 Å². The summed E-state index contributed by atoms with van der Waals surface area (Å²) in [5.41, 5.74) is 0.927. The Labute approximate surface area is 135 Å². The summed E-state index contributed by atoms with van der Waals surface area (Å²) in [6.07, 6.45) is 3.12. The fourth-order valence-corrected chi connectivity index (χ4v) is 4.54. The van der Waals surface area contributed by atoms with Gasteiger partial charge >= 0.3 is 0 Å². The summed E-state index contributed by atoms with van der Waals surface area (Å²) in [4.78, 5) is 11.7. The van der Waals surface area contributed by atoms with Crippen LogP contribution in [0.25, 0.3) is 6.08 Å². The van der Waals surface area contributed by atoms with Crippen LogP contribution in [-0.2, 0) is 14.8 Å². The van der Waals surface area contributed by atoms with Crippen molar-refractivity contribution < 1.29 is 13.2 Å². The second-order valence-corrected chi connectivity index (χ2v) is 8.18. The van der Waals surface area contributed by atoms with Gasteiger partial charge in [-0.3, -0.25) is 4.79 Å². The van der Waals surface area contributed by atoms with Crippen molar-refractivity contribution in [2.24, 2.45) is 0 Å². The van der Waals surface area contributed by atoms with Crippen LogP contribution >= 0.6 is 11.8 Å². The van der Waals surface area contributed by atoms with Crippen molar-refractivity contribution in [3.8, 4) is 0 Å². The molecule has 120 valence electrons. The van der Waals surface area contributed by atoms with E-state index < -0.39 is 10.0 Å². The maximum atomic E-state index is 12.1. The molecule has 22 heavy (non-hydrogen) atoms. The normalized spacial score (nSPS) is 16.7. The molecule has 1 aromatic rings. The van der Waals surface area contributed by atoms with E-state index >= 15 is 0 Å². The standard InChI is InChI=1S/C15H20N2O3S2/c18-15(7-6-14-4-2-1-3-5-14)16-8-13-22(19,20)17-9-11-21-12-10-17/h1-7H,8-13H2,(H,16,18)/b7-6-. The van der Waals surface area contributed by atoms with Crippen molar-refractivity contribution in [2.75, 3.05) is 36.9 Å². The van der Waals surface area contributed by atoms with Crippen molar-refractivity contribution in [3.05, 3.63) is 42.0 Å². The molecule has 0 spiro atoms. The van der Waals surface area contributed by atoms with E-state index in [0.29, 0.717) is 13.1 Å². The van der Waals surface area contributed by atoms with Crippen LogP contribution in [-0.4, -0.2) is 55.5 Å². The largest absolute Gasteiger partial charge is 0.351 e. The number of hydrogen-bond donors (Lipinski definition) is 1. The molecule has 0 aliphatic carbocycles. The van der Waals surface area contributed by atoms with E-state index in [2.05, 4.69) is 5.32 Å². The van der Waals surface area contributed by atoms with E-state index in [1.807, 2.05) is 30.3 Å². The SMILES string of the molecule is O=C(/C=C\c1ccccc1)NCCS(=O)(=O)N1CCSCC1. The molecular weight excluding hydrogens is 320 g/mol. The zero-order valence-electron chi connectivity index (χ0n) is 12.3. The number of carbonyl (C=O) groups excluding carboxylic acids is 1. The Morgan fingerprint density at radius 1 is 1.23 bits per heavy atom. The molecule has 1 heterocycles. The van der Waals surface area contributed by atoms with Crippen molar-refractivity contribution in [1.29, 1.82) is 0 Å². The summed E-state index contributed by atoms with van der Waals surface area (Å²) < 4.78 is 25.7. The third kappa shape index (κ3) is 5.47. The number of amides is 1. The van der Waals surface area contributed by atoms with E-state index in [9.17, 15) is 13.2 Å². The summed E-state index contributed by atoms with van der Waals surface area (Å²) >= 11 is 1.76. The van der Waals surface area contributed by atoms with Crippen LogP contribution in [0.4, 0.5) is 0 Å². The number of sulfonamides is 1. The summed E-state index contributed by atoms with van der Waals surface area (Å²) in [6.45, 7) is 1.26. The summed E-state index contributed by atoms with van der Waals surface area (Å²) in [7, 11) is -3.26. The zero-order chi connectivity index (χ0) is 15.8. The molecule has 1 N–H and O–H groups in total. The van der Waals surface area contributed by atoms with Crippen LogP contribution in [0.15, 0.2) is 36.4 Å². The van der Waals surface area contributed by atoms with E-state index in [-0.39, 0.29) is 18.2 Å². The Balaban J connectivity index is 1.75. The average Bonchev–Trinajstić information content (AvgIpc) is 2.54. The maximum Gasteiger partial charge on any atom is 0.244 e. The highest BCUT2D eigenvalue weighted by Gasteiger charge is 2.23. The van der Waals surface area contributed by atoms with Gasteiger partial charge in [-0.25, -0.2) is 12.7 Å². The summed E-state index contributed by atoms with van der Waals surface area (Å²) in [5.74, 6) is 1.34. The van der Waals surface area contributed by atoms with Gasteiger partial charge in [-0.05, 0) is 11.6 Å². The lowest BCUT2D eigenvalue weighted by Gasteiger charge is -2.25. The molecule has 0 unspecified atom stereocenters. The number of rotatable bonds is 6. The van der Waals surface area contributed by atoms with Crippen LogP contribution in [0.3, 0.4) is 0 Å². The highest BCUT2D eigenvalue weighted by atomic mass is 32.2. The molecule has 1 aliphatic heterocycles. The highest BCUT2D eigenvalue weighted by Crippen LogP contribution is 2.12. The lowest BCUT2D eigenvalue weighted by molar-refractivity contribution is -0.116. The van der Waals surface area contributed by atoms with Gasteiger partial charge < -0.3 is 5.32 Å². The van der Waals surface area contributed by atoms with Gasteiger partial charge in [-0.1, -0.05) is 30.3 Å². The van der Waals surface area contributed by atoms with Crippen LogP contribution in [0.1, 0.15) is 5.56 Å². The zero-order valence-corrected chi connectivity index (χ0v) is 13.9. The molecule has 0 saturated carbocycles. The van der Waals surface area contributed by atoms with Crippen LogP contribution < -0.4 is 5.32 Å². The molecule has 7 heteroatoms. The predicted octanol–water partition coefficient (Wildman–Crippen LogP) is 1.19. The first-order valence-corrected chi connectivity index (χ1v) is 9.91. The molecule has 1 saturated heterocycles. The minimum atomic E-state index is -3.26. The molecule has 0 radical (unpaired) electrons. The minimum absolute atomic E-state index is 0.0530. The molecule has 1 fully saturated rings. The molecule has 1 amide bonds. The van der Waals surface area contributed by atoms with Crippen LogP contribution in [0.5, 0.6) is 0 Å². The van der Waals surface area contributed by atoms with Gasteiger partial charge in [0.15, 0.2) is 0 Å². The third-order valence-corrected chi connectivity index (χ3v) is 6.06. The summed E-state index contributed by atoms with van der Waals surface area (Å²) in [5, 5.41) is 2.61. The molecule has 0 atom stereocenters. The Morgan fingerprint density at radius 3 is 2.59 bits per heavy atom. The number of nitrogens with zero attached hydrogens (tertiary/aromatic N) is 1. The Hall–Kier alpha value is -1.31. The van der Waals surface area contributed by atoms with Gasteiger partial charge in [-0.15, -0.1) is 0 Å². The molecule has 0 bridgehead atoms. The fraction of sp³-hybridized carbons (Fsp3) is 0.400. The lowest BCUT2D eigenvalue weighted by atomic mass is 10.2. The second-order valence-electron chi connectivity index (χ2n) is 4.86. The number of carbonyl (C=O) groups is 1. The quantitative estimate of drug-likeness (QED) is 0.790. The monoisotopic (exact) mass is 340 g/mol. The van der Waals surface area contributed by atoms with Crippen molar-refractivity contribution in [1.82, 2.24) is 9.62 Å². The van der Waals surface area contributed by atoms with E-state index in [1.165, 1.54) is 10.4 Å². The number of nitrogens with one attached hydrogen (secondary N) is 1. The van der Waals surface area contributed by atoms with Gasteiger partial charge in [0.25, 0.3) is 0 Å². The van der Waals surface area contributed by atoms with Gasteiger partial charge in [0, 0.05) is 37.2 Å². The smallest absolute Gasteiger partial charge is 0.244 e. The van der Waals surface area contributed by atoms with Gasteiger partial charge in [0.1, 0.15) is 0 Å². The fourth-order valence-electron chi connectivity index (χ4n) is 2.05. The van der Waals surface area contributed by atoms with E-state index in [1.54, 1.807) is 17.8 Å². The molecule has 1 aliphatic rings. The molecule has 5 nitrogen and oxygen atoms in total. The molecule has 2 rings (SSSR count). The Kier molecular flexibility index (Phi) is 6.48. The van der Waals surface area contributed by atoms with Crippen molar-refractivity contribution >= 4 is 33.8 Å². The van der Waals surface area contributed by atoms with Crippen molar-refractivity contribution in [2.45, 2.75) is 0 Å². The first kappa shape index (κ1) is 17.1. The third-order valence-electron chi connectivity index (χ3n) is 3.25. The number of benzene rings is 1. The minimum Gasteiger partial charge on any atom is -0.351 e. The lowest BCUT2D eigenvalue weighted by Crippen LogP contribution is -2.41. The van der Waals surface area contributed by atoms with Gasteiger partial charge in [0.2, 0.25) is 15.9 Å². The molecule has 1 aromatic carbocycles. The number of hydrogen-bond acceptors (Lipinski definition) is 4. The average molecular weight is 340 g/mol. The van der Waals surface area contributed by atoms with E-state index in [0.717, 1.165) is 17.1 Å². The first-order valence-electron chi connectivity index (χ1n) is 7.14. The highest BCUT2D eigenvalue weighted by molar-refractivity contribution is 7.99. The first-order chi connectivity index (χ1) is 10.6. The van der Waals surface area contributed by atoms with Crippen LogP contribution in [0.2, 0.25) is 0 Å². The second kappa shape index (κ2) is 8.36. The predicted molar refractivity (Wildman–Crippen MR) is 91.2 cm³/mol. The topological polar surface area (TPSA) is 66.5 Å². The van der Waals surface area contributed by atoms with Gasteiger partial charge in [0.05, 0.1) is 5.75 Å². The Bertz CT molecular complexity index is 609. The Morgan fingerprint density at radius 2 is 1.91 bits per heavy atom. The molecular formula is C15H20N2O3S2. The van der Waals surface area contributed by atoms with Crippen LogP contribution in [0, 0.1) is 0 Å². The molecule has 0 aromatic heterocycles.